The van der Waals surface area contributed by atoms with E-state index in [1.165, 1.54) is 6.07 Å². The van der Waals surface area contributed by atoms with Crippen LogP contribution in [0.5, 0.6) is 0 Å². The van der Waals surface area contributed by atoms with Gasteiger partial charge in [-0.3, -0.25) is 19.9 Å². The van der Waals surface area contributed by atoms with Crippen LogP contribution in [0.2, 0.25) is 0 Å². The molecule has 37 heavy (non-hydrogen) atoms. The number of carbonyl (C=O) groups is 1. The number of imidazole rings is 1. The lowest BCUT2D eigenvalue weighted by Crippen LogP contribution is -2.13. The van der Waals surface area contributed by atoms with Crippen LogP contribution >= 0.6 is 11.3 Å². The Labute approximate surface area is 215 Å². The predicted molar refractivity (Wildman–Crippen MR) is 144 cm³/mol. The highest BCUT2D eigenvalue weighted by Crippen LogP contribution is 2.34. The Morgan fingerprint density at radius 1 is 1.05 bits per heavy atom. The minimum Gasteiger partial charge on any atom is -0.336 e. The molecule has 5 aromatic heterocycles. The molecule has 1 amide bonds. The summed E-state index contributed by atoms with van der Waals surface area (Å²) < 4.78 is 13.7. The van der Waals surface area contributed by atoms with E-state index in [0.29, 0.717) is 39.7 Å². The molecule has 184 valence electrons. The molecule has 0 saturated carbocycles. The number of hydrogen-bond donors (Lipinski definition) is 3. The molecule has 0 unspecified atom stereocenters. The van der Waals surface area contributed by atoms with Crippen molar-refractivity contribution in [2.75, 3.05) is 5.32 Å². The number of nitrogens with one attached hydrogen (secondary N) is 3. The zero-order valence-corrected chi connectivity index (χ0v) is 20.9. The van der Waals surface area contributed by atoms with Gasteiger partial charge in [0.1, 0.15) is 16.9 Å². The van der Waals surface area contributed by atoms with Crippen molar-refractivity contribution in [2.45, 2.75) is 20.3 Å². The number of aromatic amines is 2. The lowest BCUT2D eigenvalue weighted by atomic mass is 10.0. The highest BCUT2D eigenvalue weighted by Gasteiger charge is 2.17. The van der Waals surface area contributed by atoms with Crippen molar-refractivity contribution in [1.29, 1.82) is 0 Å². The van der Waals surface area contributed by atoms with Gasteiger partial charge >= 0.3 is 0 Å². The molecule has 0 saturated heterocycles. The first-order valence-electron chi connectivity index (χ1n) is 11.8. The van der Waals surface area contributed by atoms with Crippen molar-refractivity contribution < 1.29 is 9.18 Å². The standard InChI is InChI=1S/C27H22FN7OS/c1-14(2)9-23(36)31-17-10-16(12-29-13-17)15-3-4-19-18(11-15)24(35-34-19)27-32-20-7-8-30-26(25(20)33-27)21-5-6-22(28)37-21/h3-8,10-14H,9H2,1-2H3,(H,31,36)(H,32,33)(H,34,35). The quantitative estimate of drug-likeness (QED) is 0.239. The minimum atomic E-state index is -0.270. The fraction of sp³-hybridized carbons (Fsp3) is 0.148. The predicted octanol–water partition coefficient (Wildman–Crippen LogP) is 6.42. The number of aromatic nitrogens is 6. The maximum Gasteiger partial charge on any atom is 0.224 e. The van der Waals surface area contributed by atoms with E-state index in [4.69, 9.17) is 4.98 Å². The highest BCUT2D eigenvalue weighted by atomic mass is 32.1. The van der Waals surface area contributed by atoms with Crippen molar-refractivity contribution in [3.05, 3.63) is 66.2 Å². The summed E-state index contributed by atoms with van der Waals surface area (Å²) in [6, 6.07) is 12.8. The summed E-state index contributed by atoms with van der Waals surface area (Å²) in [7, 11) is 0. The lowest BCUT2D eigenvalue weighted by molar-refractivity contribution is -0.116. The first-order chi connectivity index (χ1) is 17.9. The minimum absolute atomic E-state index is 0.0365. The van der Waals surface area contributed by atoms with Gasteiger partial charge in [-0.25, -0.2) is 4.98 Å². The van der Waals surface area contributed by atoms with Crippen LogP contribution in [0, 0.1) is 11.0 Å². The first kappa shape index (κ1) is 23.0. The molecular formula is C27H22FN7OS. The van der Waals surface area contributed by atoms with E-state index in [9.17, 15) is 9.18 Å². The molecule has 0 radical (unpaired) electrons. The number of carbonyl (C=O) groups excluding carboxylic acids is 1. The molecule has 1 aromatic carbocycles. The number of benzene rings is 1. The molecule has 3 N–H and O–H groups in total. The summed E-state index contributed by atoms with van der Waals surface area (Å²) in [5.74, 6) is 0.817. The van der Waals surface area contributed by atoms with Crippen molar-refractivity contribution in [2.24, 2.45) is 5.92 Å². The van der Waals surface area contributed by atoms with Crippen molar-refractivity contribution >= 4 is 44.9 Å². The zero-order valence-electron chi connectivity index (χ0n) is 20.0. The van der Waals surface area contributed by atoms with Gasteiger partial charge in [-0.2, -0.15) is 9.49 Å². The Morgan fingerprint density at radius 2 is 1.95 bits per heavy atom. The van der Waals surface area contributed by atoms with Gasteiger partial charge < -0.3 is 10.3 Å². The number of thiophene rings is 1. The van der Waals surface area contributed by atoms with E-state index < -0.39 is 0 Å². The van der Waals surface area contributed by atoms with Crippen LogP contribution in [0.4, 0.5) is 10.1 Å². The van der Waals surface area contributed by atoms with Crippen LogP contribution in [0.15, 0.2) is 61.1 Å². The molecule has 6 rings (SSSR count). The van der Waals surface area contributed by atoms with Gasteiger partial charge in [0.25, 0.3) is 0 Å². The SMILES string of the molecule is CC(C)CC(=O)Nc1cncc(-c2ccc3[nH]nc(-c4nc5c(-c6ccc(F)s6)nccc5[nH]4)c3c2)c1. The van der Waals surface area contributed by atoms with Gasteiger partial charge in [-0.05, 0) is 47.9 Å². The Hall–Kier alpha value is -4.44. The second kappa shape index (κ2) is 9.21. The summed E-state index contributed by atoms with van der Waals surface area (Å²) >= 11 is 1.03. The number of nitrogens with zero attached hydrogens (tertiary/aromatic N) is 4. The fourth-order valence-corrected chi connectivity index (χ4v) is 5.02. The van der Waals surface area contributed by atoms with Crippen LogP contribution in [-0.4, -0.2) is 36.0 Å². The largest absolute Gasteiger partial charge is 0.336 e. The van der Waals surface area contributed by atoms with Crippen molar-refractivity contribution in [3.8, 4) is 33.2 Å². The topological polar surface area (TPSA) is 112 Å². The molecule has 10 heteroatoms. The second-order valence-corrected chi connectivity index (χ2v) is 10.2. The number of hydrogen-bond acceptors (Lipinski definition) is 6. The fourth-order valence-electron chi connectivity index (χ4n) is 4.29. The number of pyridine rings is 2. The highest BCUT2D eigenvalue weighted by molar-refractivity contribution is 7.13. The van der Waals surface area contributed by atoms with Gasteiger partial charge in [0.15, 0.2) is 11.0 Å². The van der Waals surface area contributed by atoms with Gasteiger partial charge in [0.2, 0.25) is 5.91 Å². The molecule has 0 fully saturated rings. The maximum absolute atomic E-state index is 13.7. The molecule has 0 aliphatic heterocycles. The van der Waals surface area contributed by atoms with Crippen LogP contribution in [0.1, 0.15) is 20.3 Å². The Bertz CT molecular complexity index is 1770. The lowest BCUT2D eigenvalue weighted by Gasteiger charge is -2.09. The monoisotopic (exact) mass is 511 g/mol. The third kappa shape index (κ3) is 4.47. The number of amides is 1. The molecular weight excluding hydrogens is 489 g/mol. The van der Waals surface area contributed by atoms with E-state index in [-0.39, 0.29) is 17.0 Å². The molecule has 0 atom stereocenters. The molecule has 0 aliphatic carbocycles. The molecule has 8 nitrogen and oxygen atoms in total. The third-order valence-electron chi connectivity index (χ3n) is 5.94. The second-order valence-electron chi connectivity index (χ2n) is 9.19. The molecule has 0 bridgehead atoms. The van der Waals surface area contributed by atoms with E-state index >= 15 is 0 Å². The van der Waals surface area contributed by atoms with Crippen LogP contribution in [0.25, 0.3) is 55.2 Å². The van der Waals surface area contributed by atoms with Crippen LogP contribution in [0.3, 0.4) is 0 Å². The first-order valence-corrected chi connectivity index (χ1v) is 12.6. The van der Waals surface area contributed by atoms with E-state index in [1.54, 1.807) is 24.7 Å². The Morgan fingerprint density at radius 3 is 2.76 bits per heavy atom. The van der Waals surface area contributed by atoms with Gasteiger partial charge in [-0.1, -0.05) is 19.9 Å². The van der Waals surface area contributed by atoms with E-state index in [1.807, 2.05) is 44.2 Å². The van der Waals surface area contributed by atoms with Gasteiger partial charge in [0.05, 0.1) is 27.8 Å². The third-order valence-corrected chi connectivity index (χ3v) is 6.82. The number of anilines is 1. The number of fused-ring (bicyclic) bond motifs is 2. The average Bonchev–Trinajstić information content (AvgIpc) is 3.60. The van der Waals surface area contributed by atoms with Crippen LogP contribution < -0.4 is 5.32 Å². The number of rotatable bonds is 6. The molecule has 0 spiro atoms. The summed E-state index contributed by atoms with van der Waals surface area (Å²) in [4.78, 5) is 29.8. The summed E-state index contributed by atoms with van der Waals surface area (Å²) in [6.45, 7) is 4.01. The van der Waals surface area contributed by atoms with Gasteiger partial charge in [0, 0.05) is 29.8 Å². The van der Waals surface area contributed by atoms with Crippen LogP contribution in [-0.2, 0) is 4.79 Å². The summed E-state index contributed by atoms with van der Waals surface area (Å²) in [6.07, 6.45) is 5.53. The maximum atomic E-state index is 13.7. The average molecular weight is 512 g/mol. The summed E-state index contributed by atoms with van der Waals surface area (Å²) in [5, 5.41) is 11.1. The Balaban J connectivity index is 1.38. The van der Waals surface area contributed by atoms with Crippen molar-refractivity contribution in [1.82, 2.24) is 30.1 Å². The summed E-state index contributed by atoms with van der Waals surface area (Å²) in [5.41, 5.74) is 6.02. The van der Waals surface area contributed by atoms with E-state index in [0.717, 1.165) is 38.9 Å². The number of halogens is 1. The van der Waals surface area contributed by atoms with E-state index in [2.05, 4.69) is 30.5 Å². The zero-order chi connectivity index (χ0) is 25.5. The molecule has 0 aliphatic rings. The normalized spacial score (nSPS) is 11.6. The number of H-pyrrole nitrogens is 2. The van der Waals surface area contributed by atoms with Crippen molar-refractivity contribution in [3.63, 3.8) is 0 Å². The molecule has 6 aromatic rings. The smallest absolute Gasteiger partial charge is 0.224 e. The molecule has 5 heterocycles. The van der Waals surface area contributed by atoms with Gasteiger partial charge in [-0.15, -0.1) is 11.3 Å². The Kier molecular flexibility index (Phi) is 5.72.